The Labute approximate surface area is 507 Å². The molecule has 3 aliphatic rings. The van der Waals surface area contributed by atoms with Crippen molar-refractivity contribution >= 4 is 48.9 Å². The zero-order valence-corrected chi connectivity index (χ0v) is 52.4. The number of hydrogen-bond donors (Lipinski definition) is 0. The van der Waals surface area contributed by atoms with Crippen LogP contribution in [0.4, 0.5) is 0 Å². The fourth-order valence-corrected chi connectivity index (χ4v) is 19.2. The normalized spacial score (nSPS) is 23.6. The molecule has 0 spiro atoms. The van der Waals surface area contributed by atoms with Crippen molar-refractivity contribution in [1.82, 2.24) is 0 Å². The summed E-state index contributed by atoms with van der Waals surface area (Å²) in [6.45, 7) is 11.1. The first-order valence-corrected chi connectivity index (χ1v) is 34.4. The van der Waals surface area contributed by atoms with E-state index in [1.165, 1.54) is 14.8 Å². The van der Waals surface area contributed by atoms with Gasteiger partial charge in [-0.25, -0.2) is 0 Å². The third-order valence-corrected chi connectivity index (χ3v) is 24.4. The van der Waals surface area contributed by atoms with E-state index in [2.05, 4.69) is 136 Å². The number of aryl methyl sites for hydroxylation is 1. The molecule has 3 fully saturated rings. The Hall–Kier alpha value is -5.55. The number of benzene rings is 7. The van der Waals surface area contributed by atoms with Gasteiger partial charge in [0, 0.05) is 0 Å². The number of rotatable bonds is 26. The maximum atomic E-state index is 13.7. The van der Waals surface area contributed by atoms with Gasteiger partial charge in [0.25, 0.3) is 0 Å². The SMILES string of the molecule is COc1ccc([C@@H]2OC[C@H]3O[C@@H](CCO[Si](c4ccccc4)(c4ccccc4)C(C)(C)C)[C@H](OC(C[C@H]4O[C@@H](CCOCc5ccccc5)[C@H](OCc5ccccc5)C[C@@H]4O/C=C\S(=O)c4ccc(C)cc4)[Se]c4ccccc4)C[C@@H]3O2)cc1. The van der Waals surface area contributed by atoms with E-state index >= 15 is 0 Å². The molecule has 0 radical (unpaired) electrons. The molecule has 3 heterocycles. The quantitative estimate of drug-likeness (QED) is 0.0294. The van der Waals surface area contributed by atoms with Crippen molar-refractivity contribution in [3.8, 4) is 5.75 Å². The van der Waals surface area contributed by atoms with Crippen molar-refractivity contribution in [2.24, 2.45) is 0 Å². The number of methoxy groups -OCH3 is 1. The van der Waals surface area contributed by atoms with E-state index < -0.39 is 43.7 Å². The molecule has 3 saturated heterocycles. The molecule has 0 bridgehead atoms. The number of fused-ring (bicyclic) bond motifs is 1. The number of hydrogen-bond acceptors (Lipinski definition) is 11. The Kier molecular flexibility index (Phi) is 22.1. The molecule has 0 aromatic heterocycles. The van der Waals surface area contributed by atoms with Crippen LogP contribution in [0.1, 0.15) is 81.4 Å². The predicted octanol–water partition coefficient (Wildman–Crippen LogP) is 11.7. The summed E-state index contributed by atoms with van der Waals surface area (Å²) in [6, 6.07) is 68.1. The predicted molar refractivity (Wildman–Crippen MR) is 334 cm³/mol. The van der Waals surface area contributed by atoms with Crippen LogP contribution < -0.4 is 19.6 Å². The van der Waals surface area contributed by atoms with E-state index in [1.807, 2.05) is 91.9 Å². The molecule has 0 amide bonds. The van der Waals surface area contributed by atoms with Crippen molar-refractivity contribution in [3.63, 3.8) is 0 Å². The average molecular weight is 1240 g/mol. The van der Waals surface area contributed by atoms with Crippen LogP contribution in [0.2, 0.25) is 5.04 Å². The molecule has 10 rings (SSSR count). The molecule has 84 heavy (non-hydrogen) atoms. The Morgan fingerprint density at radius 2 is 1.23 bits per heavy atom. The summed E-state index contributed by atoms with van der Waals surface area (Å²) < 4.78 is 83.5. The Morgan fingerprint density at radius 1 is 0.631 bits per heavy atom. The van der Waals surface area contributed by atoms with Crippen molar-refractivity contribution in [1.29, 1.82) is 0 Å². The minimum absolute atomic E-state index is 0.206. The molecular formula is C70H80O11SSeSi. The first-order chi connectivity index (χ1) is 41.0. The molecule has 7 aromatic rings. The zero-order chi connectivity index (χ0) is 58.1. The monoisotopic (exact) mass is 1240 g/mol. The van der Waals surface area contributed by atoms with E-state index in [1.54, 1.807) is 18.8 Å². The van der Waals surface area contributed by atoms with E-state index in [0.29, 0.717) is 70.0 Å². The second-order valence-corrected chi connectivity index (χ2v) is 31.0. The van der Waals surface area contributed by atoms with Gasteiger partial charge in [0.2, 0.25) is 0 Å². The van der Waals surface area contributed by atoms with Crippen molar-refractivity contribution < 1.29 is 51.3 Å². The molecule has 14 heteroatoms. The van der Waals surface area contributed by atoms with E-state index in [-0.39, 0.29) is 55.5 Å². The molecular weight excluding hydrogens is 1160 g/mol. The summed E-state index contributed by atoms with van der Waals surface area (Å²) in [5.41, 5.74) is 4.18. The van der Waals surface area contributed by atoms with Gasteiger partial charge < -0.3 is 0 Å². The van der Waals surface area contributed by atoms with Crippen LogP contribution in [0.5, 0.6) is 5.75 Å². The summed E-state index contributed by atoms with van der Waals surface area (Å²) in [4.78, 5) is 0.697. The second kappa shape index (κ2) is 30.2. The molecule has 11 atom stereocenters. The van der Waals surface area contributed by atoms with Gasteiger partial charge in [0.15, 0.2) is 0 Å². The van der Waals surface area contributed by atoms with E-state index in [9.17, 15) is 4.21 Å². The summed E-state index contributed by atoms with van der Waals surface area (Å²) >= 11 is -0.206. The zero-order valence-electron chi connectivity index (χ0n) is 48.9. The number of ether oxygens (including phenoxy) is 9. The average Bonchev–Trinajstić information content (AvgIpc) is 2.85. The summed E-state index contributed by atoms with van der Waals surface area (Å²) in [5, 5.41) is 3.53. The van der Waals surface area contributed by atoms with Crippen LogP contribution in [0.25, 0.3) is 0 Å². The molecule has 0 N–H and O–H groups in total. The van der Waals surface area contributed by atoms with Gasteiger partial charge >= 0.3 is 490 Å². The summed E-state index contributed by atoms with van der Waals surface area (Å²) in [7, 11) is -2.67. The third-order valence-electron chi connectivity index (χ3n) is 15.9. The molecule has 0 aliphatic carbocycles. The van der Waals surface area contributed by atoms with Crippen LogP contribution in [0.15, 0.2) is 217 Å². The standard InChI is InChI=1S/C70H80O11SSeSi/c1-51-31-37-56(38-32-51)82(71)44-43-74-63-45-62(75-49-53-23-13-7-14-24-53)60(39-41-73-48-52-21-11-6-12-22-52)78-66(63)47-68(83-57-25-15-8-16-26-57)80-64-46-65-67(50-76-69(81-65)54-33-35-55(72-5)36-34-54)79-61(64)40-42-77-84(70(2,3)4,58-27-17-9-18-28-58)59-29-19-10-20-30-59/h6-38,43-44,60-69H,39-42,45-50H2,1-5H3/b44-43-/t60-,61-,62+,63-,64+,65-,66+,67+,68?,69+,82?/m0/s1. The molecule has 11 nitrogen and oxygen atoms in total. The Balaban J connectivity index is 0.961. The molecule has 2 unspecified atom stereocenters. The fraction of sp³-hybridized carbons (Fsp3) is 0.371. The molecule has 0 saturated carbocycles. The first-order valence-electron chi connectivity index (χ1n) is 29.4. The van der Waals surface area contributed by atoms with Crippen LogP contribution in [-0.4, -0.2) is 108 Å². The third kappa shape index (κ3) is 16.3. The van der Waals surface area contributed by atoms with Crippen LogP contribution in [0, 0.1) is 6.92 Å². The summed E-state index contributed by atoms with van der Waals surface area (Å²) in [5.74, 6) is 0.761. The Morgan fingerprint density at radius 3 is 1.86 bits per heavy atom. The van der Waals surface area contributed by atoms with Crippen LogP contribution >= 0.6 is 0 Å². The van der Waals surface area contributed by atoms with E-state index in [4.69, 9.17) is 47.1 Å². The second-order valence-electron chi connectivity index (χ2n) is 22.8. The van der Waals surface area contributed by atoms with Gasteiger partial charge in [0.1, 0.15) is 0 Å². The Bertz CT molecular complexity index is 3060. The van der Waals surface area contributed by atoms with Gasteiger partial charge in [-0.05, 0) is 6.92 Å². The fourth-order valence-electron chi connectivity index (χ4n) is 11.6. The van der Waals surface area contributed by atoms with Gasteiger partial charge in [-0.1, -0.05) is 6.07 Å². The van der Waals surface area contributed by atoms with Gasteiger partial charge in [-0.15, -0.1) is 0 Å². The van der Waals surface area contributed by atoms with Gasteiger partial charge in [0.05, 0.1) is 7.11 Å². The van der Waals surface area contributed by atoms with Gasteiger partial charge in [-0.3, -0.25) is 0 Å². The minimum atomic E-state index is -2.90. The van der Waals surface area contributed by atoms with Gasteiger partial charge in [-0.2, -0.15) is 0 Å². The first kappa shape index (κ1) is 61.5. The molecule has 442 valence electrons. The maximum absolute atomic E-state index is 13.7. The van der Waals surface area contributed by atoms with Crippen LogP contribution in [0.3, 0.4) is 0 Å². The van der Waals surface area contributed by atoms with Crippen molar-refractivity contribution in [2.45, 2.75) is 143 Å². The van der Waals surface area contributed by atoms with E-state index in [0.717, 1.165) is 28.0 Å². The van der Waals surface area contributed by atoms with Crippen molar-refractivity contribution in [3.05, 3.63) is 234 Å². The molecule has 7 aromatic carbocycles. The molecule has 3 aliphatic heterocycles. The summed E-state index contributed by atoms with van der Waals surface area (Å²) in [6.07, 6.45) is 0.730. The van der Waals surface area contributed by atoms with Crippen LogP contribution in [-0.2, 0) is 66.3 Å². The van der Waals surface area contributed by atoms with Crippen molar-refractivity contribution in [2.75, 3.05) is 26.9 Å². The topological polar surface area (TPSA) is 109 Å².